The lowest BCUT2D eigenvalue weighted by Crippen LogP contribution is -2.32. The molecule has 0 saturated carbocycles. The molecule has 2 aromatic heterocycles. The standard InChI is InChI=1S/C24H22N6O4/c1-13-15-6-7-18(17(15)5-4-16(13)24(33)34)29-23(32)20-11-19(28-21-8-10-27-30(20)21)22(31)26-12-14-3-2-9-25-14/h2,4-5,8-11,18H,3,6-7,12H2,1H3,(H,26,31)(H,29,32)(H,33,34)/t18-/m0/s1. The van der Waals surface area contributed by atoms with Crippen LogP contribution in [0.4, 0.5) is 0 Å². The van der Waals surface area contributed by atoms with Crippen molar-refractivity contribution in [1.82, 2.24) is 25.2 Å². The number of amides is 2. The van der Waals surface area contributed by atoms with Gasteiger partial charge in [0.1, 0.15) is 11.4 Å². The second kappa shape index (κ2) is 8.54. The lowest BCUT2D eigenvalue weighted by molar-refractivity contribution is 0.0695. The third-order valence-corrected chi connectivity index (χ3v) is 6.22. The molecule has 0 bridgehead atoms. The van der Waals surface area contributed by atoms with Gasteiger partial charge in [0.05, 0.1) is 24.3 Å². The van der Waals surface area contributed by atoms with E-state index >= 15 is 0 Å². The summed E-state index contributed by atoms with van der Waals surface area (Å²) in [6.07, 6.45) is 7.15. The zero-order chi connectivity index (χ0) is 23.8. The number of aromatic carboxylic acids is 1. The molecule has 0 radical (unpaired) electrons. The SMILES string of the molecule is Cc1c(C(=O)O)ccc2c1CC[C@@H]2NC(=O)c1cc(C(=O)NCC2=NC=CC2)nc2ccnn12. The Hall–Kier alpha value is -4.34. The number of nitrogens with one attached hydrogen (secondary N) is 2. The van der Waals surface area contributed by atoms with E-state index < -0.39 is 17.8 Å². The molecule has 3 N–H and O–H groups in total. The molecule has 0 fully saturated rings. The molecule has 0 saturated heterocycles. The zero-order valence-corrected chi connectivity index (χ0v) is 18.4. The maximum Gasteiger partial charge on any atom is 0.335 e. The van der Waals surface area contributed by atoms with Crippen LogP contribution in [0.2, 0.25) is 0 Å². The highest BCUT2D eigenvalue weighted by atomic mass is 16.4. The lowest BCUT2D eigenvalue weighted by atomic mass is 9.98. The normalized spacial score (nSPS) is 16.4. The van der Waals surface area contributed by atoms with E-state index in [0.717, 1.165) is 22.4 Å². The van der Waals surface area contributed by atoms with Crippen LogP contribution in [0.1, 0.15) is 66.9 Å². The molecule has 172 valence electrons. The Morgan fingerprint density at radius 3 is 2.82 bits per heavy atom. The third kappa shape index (κ3) is 3.83. The molecule has 5 rings (SSSR count). The molecule has 1 aliphatic heterocycles. The fourth-order valence-electron chi connectivity index (χ4n) is 4.48. The summed E-state index contributed by atoms with van der Waals surface area (Å²) in [5, 5.41) is 19.4. The smallest absolute Gasteiger partial charge is 0.335 e. The molecule has 3 aromatic rings. The van der Waals surface area contributed by atoms with Crippen molar-refractivity contribution < 1.29 is 19.5 Å². The topological polar surface area (TPSA) is 138 Å². The van der Waals surface area contributed by atoms with Gasteiger partial charge >= 0.3 is 5.97 Å². The number of carbonyl (C=O) groups is 3. The van der Waals surface area contributed by atoms with Crippen molar-refractivity contribution in [2.45, 2.75) is 32.2 Å². The minimum Gasteiger partial charge on any atom is -0.478 e. The van der Waals surface area contributed by atoms with Gasteiger partial charge in [0.25, 0.3) is 11.8 Å². The number of rotatable bonds is 6. The number of carboxylic acids is 1. The van der Waals surface area contributed by atoms with Crippen LogP contribution in [0, 0.1) is 6.92 Å². The van der Waals surface area contributed by atoms with Crippen LogP contribution in [-0.4, -0.2) is 49.7 Å². The van der Waals surface area contributed by atoms with Gasteiger partial charge in [-0.25, -0.2) is 14.3 Å². The van der Waals surface area contributed by atoms with Gasteiger partial charge in [-0.1, -0.05) is 12.1 Å². The minimum absolute atomic E-state index is 0.110. The number of carbonyl (C=O) groups excluding carboxylic acids is 2. The Bertz CT molecular complexity index is 1400. The van der Waals surface area contributed by atoms with E-state index in [4.69, 9.17) is 0 Å². The summed E-state index contributed by atoms with van der Waals surface area (Å²) in [6.45, 7) is 2.09. The van der Waals surface area contributed by atoms with Crippen molar-refractivity contribution >= 4 is 29.1 Å². The molecule has 34 heavy (non-hydrogen) atoms. The van der Waals surface area contributed by atoms with Crippen molar-refractivity contribution in [2.75, 3.05) is 6.54 Å². The average molecular weight is 458 g/mol. The maximum absolute atomic E-state index is 13.3. The van der Waals surface area contributed by atoms with Crippen LogP contribution < -0.4 is 10.6 Å². The van der Waals surface area contributed by atoms with Crippen molar-refractivity contribution in [3.8, 4) is 0 Å². The van der Waals surface area contributed by atoms with Crippen molar-refractivity contribution in [2.24, 2.45) is 4.99 Å². The van der Waals surface area contributed by atoms with Gasteiger partial charge in [0, 0.05) is 30.5 Å². The number of benzene rings is 1. The Labute approximate surface area is 194 Å². The fourth-order valence-corrected chi connectivity index (χ4v) is 4.48. The van der Waals surface area contributed by atoms with E-state index in [0.29, 0.717) is 31.5 Å². The molecule has 0 spiro atoms. The summed E-state index contributed by atoms with van der Waals surface area (Å²) >= 11 is 0. The van der Waals surface area contributed by atoms with Gasteiger partial charge in [0.15, 0.2) is 5.65 Å². The molecule has 1 atom stereocenters. The highest BCUT2D eigenvalue weighted by Crippen LogP contribution is 2.34. The Morgan fingerprint density at radius 1 is 1.21 bits per heavy atom. The zero-order valence-electron chi connectivity index (χ0n) is 18.4. The third-order valence-electron chi connectivity index (χ3n) is 6.22. The largest absolute Gasteiger partial charge is 0.478 e. The molecule has 2 amide bonds. The summed E-state index contributed by atoms with van der Waals surface area (Å²) in [5.74, 6) is -1.77. The highest BCUT2D eigenvalue weighted by molar-refractivity contribution is 6.00. The summed E-state index contributed by atoms with van der Waals surface area (Å²) in [6, 6.07) is 6.12. The lowest BCUT2D eigenvalue weighted by Gasteiger charge is -2.16. The van der Waals surface area contributed by atoms with E-state index in [9.17, 15) is 19.5 Å². The summed E-state index contributed by atoms with van der Waals surface area (Å²) in [4.78, 5) is 45.9. The predicted molar refractivity (Wildman–Crippen MR) is 123 cm³/mol. The number of hydrogen-bond acceptors (Lipinski definition) is 6. The monoisotopic (exact) mass is 458 g/mol. The van der Waals surface area contributed by atoms with Gasteiger partial charge in [0.2, 0.25) is 0 Å². The molecule has 10 heteroatoms. The Balaban J connectivity index is 1.39. The van der Waals surface area contributed by atoms with Crippen molar-refractivity contribution in [3.05, 3.63) is 76.4 Å². The quantitative estimate of drug-likeness (QED) is 0.518. The number of nitrogens with zero attached hydrogens (tertiary/aromatic N) is 4. The van der Waals surface area contributed by atoms with Gasteiger partial charge in [-0.2, -0.15) is 5.10 Å². The van der Waals surface area contributed by atoms with Crippen LogP contribution in [0.15, 0.2) is 47.7 Å². The van der Waals surface area contributed by atoms with Crippen LogP contribution in [0.25, 0.3) is 5.65 Å². The first-order chi connectivity index (χ1) is 16.4. The molecule has 2 aliphatic rings. The molecular formula is C24H22N6O4. The van der Waals surface area contributed by atoms with E-state index in [-0.39, 0.29) is 23.0 Å². The van der Waals surface area contributed by atoms with E-state index in [1.165, 1.54) is 16.8 Å². The molecule has 1 aromatic carbocycles. The first-order valence-corrected chi connectivity index (χ1v) is 10.9. The number of aliphatic imine (C=N–C) groups is 1. The second-order valence-electron chi connectivity index (χ2n) is 8.27. The first kappa shape index (κ1) is 21.5. The molecule has 10 nitrogen and oxygen atoms in total. The van der Waals surface area contributed by atoms with Crippen molar-refractivity contribution in [1.29, 1.82) is 0 Å². The summed E-state index contributed by atoms with van der Waals surface area (Å²) in [7, 11) is 0. The molecule has 0 unspecified atom stereocenters. The van der Waals surface area contributed by atoms with Crippen LogP contribution in [0.5, 0.6) is 0 Å². The molecule has 1 aliphatic carbocycles. The Morgan fingerprint density at radius 2 is 2.06 bits per heavy atom. The van der Waals surface area contributed by atoms with E-state index in [1.54, 1.807) is 31.3 Å². The van der Waals surface area contributed by atoms with Gasteiger partial charge < -0.3 is 15.7 Å². The summed E-state index contributed by atoms with van der Waals surface area (Å²) in [5.41, 5.74) is 4.38. The first-order valence-electron chi connectivity index (χ1n) is 10.9. The van der Waals surface area contributed by atoms with Crippen LogP contribution >= 0.6 is 0 Å². The van der Waals surface area contributed by atoms with E-state index in [1.807, 2.05) is 6.08 Å². The number of fused-ring (bicyclic) bond motifs is 2. The van der Waals surface area contributed by atoms with Gasteiger partial charge in [-0.05, 0) is 42.5 Å². The molecular weight excluding hydrogens is 436 g/mol. The highest BCUT2D eigenvalue weighted by Gasteiger charge is 2.28. The maximum atomic E-state index is 13.3. The van der Waals surface area contributed by atoms with Crippen LogP contribution in [-0.2, 0) is 6.42 Å². The second-order valence-corrected chi connectivity index (χ2v) is 8.27. The van der Waals surface area contributed by atoms with E-state index in [2.05, 4.69) is 25.7 Å². The van der Waals surface area contributed by atoms with Crippen molar-refractivity contribution in [3.63, 3.8) is 0 Å². The Kier molecular flexibility index (Phi) is 5.40. The van der Waals surface area contributed by atoms with Crippen LogP contribution in [0.3, 0.4) is 0 Å². The average Bonchev–Trinajstić information content (AvgIpc) is 3.58. The number of aromatic nitrogens is 3. The fraction of sp³-hybridized carbons (Fsp3) is 0.250. The number of carboxylic acid groups (broad SMARTS) is 1. The number of hydrogen-bond donors (Lipinski definition) is 3. The predicted octanol–water partition coefficient (Wildman–Crippen LogP) is 2.24. The van der Waals surface area contributed by atoms with Gasteiger partial charge in [-0.3, -0.25) is 14.6 Å². The number of allylic oxidation sites excluding steroid dienone is 1. The minimum atomic E-state index is -0.965. The van der Waals surface area contributed by atoms with Gasteiger partial charge in [-0.15, -0.1) is 0 Å². The molecule has 3 heterocycles. The summed E-state index contributed by atoms with van der Waals surface area (Å²) < 4.78 is 1.39.